The minimum Gasteiger partial charge on any atom is -0.493 e. The van der Waals surface area contributed by atoms with Gasteiger partial charge in [-0.15, -0.1) is 0 Å². The first-order valence-electron chi connectivity index (χ1n) is 6.24. The van der Waals surface area contributed by atoms with Crippen LogP contribution in [0.4, 0.5) is 0 Å². The average Bonchev–Trinajstić information content (AvgIpc) is 2.79. The van der Waals surface area contributed by atoms with Gasteiger partial charge in [-0.1, -0.05) is 31.0 Å². The van der Waals surface area contributed by atoms with Crippen LogP contribution in [-0.2, 0) is 0 Å². The van der Waals surface area contributed by atoms with E-state index < -0.39 is 0 Å². The van der Waals surface area contributed by atoms with Crippen LogP contribution in [0.25, 0.3) is 0 Å². The minimum atomic E-state index is 0.0415. The van der Waals surface area contributed by atoms with Crippen LogP contribution < -0.4 is 10.5 Å². The van der Waals surface area contributed by atoms with Gasteiger partial charge in [0.2, 0.25) is 0 Å². The van der Waals surface area contributed by atoms with Crippen LogP contribution in [0.15, 0.2) is 24.3 Å². The third-order valence-corrected chi connectivity index (χ3v) is 3.36. The highest BCUT2D eigenvalue weighted by molar-refractivity contribution is 5.35. The summed E-state index contributed by atoms with van der Waals surface area (Å²) in [4.78, 5) is 0. The van der Waals surface area contributed by atoms with E-state index in [1.165, 1.54) is 25.7 Å². The van der Waals surface area contributed by atoms with E-state index in [0.717, 1.165) is 23.8 Å². The van der Waals surface area contributed by atoms with Crippen molar-refractivity contribution in [2.75, 3.05) is 6.61 Å². The molecule has 0 bridgehead atoms. The van der Waals surface area contributed by atoms with Gasteiger partial charge in [-0.05, 0) is 31.7 Å². The first-order chi connectivity index (χ1) is 7.77. The number of para-hydroxylation sites is 1. The fourth-order valence-electron chi connectivity index (χ4n) is 2.37. The molecular weight excluding hydrogens is 198 g/mol. The van der Waals surface area contributed by atoms with E-state index in [-0.39, 0.29) is 6.04 Å². The molecule has 88 valence electrons. The lowest BCUT2D eigenvalue weighted by atomic mass is 10.1. The zero-order valence-corrected chi connectivity index (χ0v) is 9.99. The van der Waals surface area contributed by atoms with Gasteiger partial charge in [0.25, 0.3) is 0 Å². The van der Waals surface area contributed by atoms with E-state index in [0.29, 0.717) is 0 Å². The minimum absolute atomic E-state index is 0.0415. The molecular formula is C14H21NO. The van der Waals surface area contributed by atoms with Crippen LogP contribution in [0.3, 0.4) is 0 Å². The summed E-state index contributed by atoms with van der Waals surface area (Å²) < 4.78 is 5.90. The Hall–Kier alpha value is -1.02. The average molecular weight is 219 g/mol. The lowest BCUT2D eigenvalue weighted by Crippen LogP contribution is -2.12. The summed E-state index contributed by atoms with van der Waals surface area (Å²) in [6.45, 7) is 2.85. The molecule has 1 aliphatic rings. The van der Waals surface area contributed by atoms with Gasteiger partial charge in [0, 0.05) is 11.6 Å². The van der Waals surface area contributed by atoms with Crippen LogP contribution >= 0.6 is 0 Å². The maximum atomic E-state index is 5.92. The van der Waals surface area contributed by atoms with Gasteiger partial charge in [0.1, 0.15) is 5.75 Å². The summed E-state index contributed by atoms with van der Waals surface area (Å²) in [5.41, 5.74) is 7.03. The molecule has 0 unspecified atom stereocenters. The molecule has 1 saturated carbocycles. The molecule has 2 N–H and O–H groups in total. The van der Waals surface area contributed by atoms with Gasteiger partial charge in [-0.2, -0.15) is 0 Å². The van der Waals surface area contributed by atoms with Crippen LogP contribution in [0.2, 0.25) is 0 Å². The van der Waals surface area contributed by atoms with E-state index in [1.807, 2.05) is 25.1 Å². The largest absolute Gasteiger partial charge is 0.493 e. The van der Waals surface area contributed by atoms with Crippen molar-refractivity contribution in [3.05, 3.63) is 29.8 Å². The van der Waals surface area contributed by atoms with E-state index in [4.69, 9.17) is 10.5 Å². The van der Waals surface area contributed by atoms with Crippen LogP contribution in [0, 0.1) is 5.92 Å². The molecule has 2 rings (SSSR count). The molecule has 0 aliphatic heterocycles. The fourth-order valence-corrected chi connectivity index (χ4v) is 2.37. The zero-order valence-electron chi connectivity index (χ0n) is 9.99. The molecule has 0 aromatic heterocycles. The maximum Gasteiger partial charge on any atom is 0.124 e. The second kappa shape index (κ2) is 5.35. The summed E-state index contributed by atoms with van der Waals surface area (Å²) in [5.74, 6) is 1.71. The second-order valence-electron chi connectivity index (χ2n) is 4.79. The van der Waals surface area contributed by atoms with Crippen molar-refractivity contribution in [2.24, 2.45) is 11.7 Å². The molecule has 1 fully saturated rings. The molecule has 1 atom stereocenters. The normalized spacial score (nSPS) is 18.6. The maximum absolute atomic E-state index is 5.92. The van der Waals surface area contributed by atoms with Gasteiger partial charge < -0.3 is 10.5 Å². The van der Waals surface area contributed by atoms with E-state index in [2.05, 4.69) is 6.07 Å². The van der Waals surface area contributed by atoms with Gasteiger partial charge >= 0.3 is 0 Å². The van der Waals surface area contributed by atoms with Crippen LogP contribution in [0.1, 0.15) is 44.2 Å². The highest BCUT2D eigenvalue weighted by Gasteiger charge is 2.16. The van der Waals surface area contributed by atoms with Crippen molar-refractivity contribution in [1.82, 2.24) is 0 Å². The first kappa shape index (κ1) is 11.5. The summed E-state index contributed by atoms with van der Waals surface area (Å²) >= 11 is 0. The van der Waals surface area contributed by atoms with Crippen molar-refractivity contribution in [1.29, 1.82) is 0 Å². The lowest BCUT2D eigenvalue weighted by Gasteiger charge is -2.16. The Bertz CT molecular complexity index is 329. The molecule has 0 amide bonds. The van der Waals surface area contributed by atoms with Gasteiger partial charge in [-0.25, -0.2) is 0 Å². The Kier molecular flexibility index (Phi) is 3.83. The van der Waals surface area contributed by atoms with Gasteiger partial charge in [0.15, 0.2) is 0 Å². The third-order valence-electron chi connectivity index (χ3n) is 3.36. The van der Waals surface area contributed by atoms with Crippen molar-refractivity contribution in [2.45, 2.75) is 38.6 Å². The molecule has 0 spiro atoms. The predicted molar refractivity (Wildman–Crippen MR) is 66.5 cm³/mol. The third kappa shape index (κ3) is 2.76. The van der Waals surface area contributed by atoms with Gasteiger partial charge in [0.05, 0.1) is 6.61 Å². The Morgan fingerprint density at radius 1 is 1.31 bits per heavy atom. The number of hydrogen-bond acceptors (Lipinski definition) is 2. The molecule has 0 saturated heterocycles. The standard InChI is InChI=1S/C14H21NO/c1-11(15)13-8-4-5-9-14(13)16-10-12-6-2-3-7-12/h4-5,8-9,11-12H,2-3,6-7,10,15H2,1H3/t11-/m1/s1. The number of hydrogen-bond donors (Lipinski definition) is 1. The molecule has 16 heavy (non-hydrogen) atoms. The van der Waals surface area contributed by atoms with Crippen molar-refractivity contribution >= 4 is 0 Å². The van der Waals surface area contributed by atoms with Crippen LogP contribution in [-0.4, -0.2) is 6.61 Å². The monoisotopic (exact) mass is 219 g/mol. The van der Waals surface area contributed by atoms with E-state index in [9.17, 15) is 0 Å². The topological polar surface area (TPSA) is 35.2 Å². The smallest absolute Gasteiger partial charge is 0.124 e. The molecule has 1 aromatic carbocycles. The zero-order chi connectivity index (χ0) is 11.4. The van der Waals surface area contributed by atoms with Crippen molar-refractivity contribution < 1.29 is 4.74 Å². The number of rotatable bonds is 4. The lowest BCUT2D eigenvalue weighted by molar-refractivity contribution is 0.249. The van der Waals surface area contributed by atoms with Crippen molar-refractivity contribution in [3.63, 3.8) is 0 Å². The quantitative estimate of drug-likeness (QED) is 0.843. The molecule has 1 aromatic rings. The molecule has 2 nitrogen and oxygen atoms in total. The number of nitrogens with two attached hydrogens (primary N) is 1. The molecule has 2 heteroatoms. The Morgan fingerprint density at radius 3 is 2.69 bits per heavy atom. The SMILES string of the molecule is C[C@@H](N)c1ccccc1OCC1CCCC1. The number of benzene rings is 1. The molecule has 0 radical (unpaired) electrons. The highest BCUT2D eigenvalue weighted by Crippen LogP contribution is 2.28. The van der Waals surface area contributed by atoms with E-state index >= 15 is 0 Å². The van der Waals surface area contributed by atoms with E-state index in [1.54, 1.807) is 0 Å². The number of ether oxygens (including phenoxy) is 1. The predicted octanol–water partition coefficient (Wildman–Crippen LogP) is 3.28. The summed E-state index contributed by atoms with van der Waals surface area (Å²) in [6.07, 6.45) is 5.37. The van der Waals surface area contributed by atoms with Gasteiger partial charge in [-0.3, -0.25) is 0 Å². The first-order valence-corrected chi connectivity index (χ1v) is 6.24. The molecule has 0 heterocycles. The Labute approximate surface area is 97.8 Å². The second-order valence-corrected chi connectivity index (χ2v) is 4.79. The molecule has 1 aliphatic carbocycles. The fraction of sp³-hybridized carbons (Fsp3) is 0.571. The highest BCUT2D eigenvalue weighted by atomic mass is 16.5. The Morgan fingerprint density at radius 2 is 2.00 bits per heavy atom. The van der Waals surface area contributed by atoms with Crippen LogP contribution in [0.5, 0.6) is 5.75 Å². The van der Waals surface area contributed by atoms with Crippen molar-refractivity contribution in [3.8, 4) is 5.75 Å². The summed E-state index contributed by atoms with van der Waals surface area (Å²) in [6, 6.07) is 8.14. The Balaban J connectivity index is 1.97. The summed E-state index contributed by atoms with van der Waals surface area (Å²) in [7, 11) is 0. The summed E-state index contributed by atoms with van der Waals surface area (Å²) in [5, 5.41) is 0.